The van der Waals surface area contributed by atoms with Gasteiger partial charge in [-0.2, -0.15) is 46.5 Å². The van der Waals surface area contributed by atoms with Gasteiger partial charge in [-0.05, 0) is 25.7 Å². The summed E-state index contributed by atoms with van der Waals surface area (Å²) in [6.07, 6.45) is 7.49. The fraction of sp³-hybridized carbons (Fsp3) is 0.214. The first-order valence-electron chi connectivity index (χ1n) is 10.6. The Morgan fingerprint density at radius 2 is 0.931 bits per heavy atom. The van der Waals surface area contributed by atoms with Crippen molar-refractivity contribution in [3.8, 4) is 22.3 Å². The summed E-state index contributed by atoms with van der Waals surface area (Å²) in [5.74, 6) is 0. The molecule has 0 fully saturated rings. The number of aryl methyl sites for hydroxylation is 4. The standard InChI is InChI=1S/2C14H13.Zr/c2*1-2-9-13-11(5-1)6-3-7-12-8-4-10-14(12)13;/h2*1-2,4-5,8-10H,3,6-7H2;/q2*-1;+2. The van der Waals surface area contributed by atoms with Crippen molar-refractivity contribution in [2.75, 3.05) is 0 Å². The molecule has 4 aromatic carbocycles. The third-order valence-corrected chi connectivity index (χ3v) is 6.21. The minimum atomic E-state index is 0. The summed E-state index contributed by atoms with van der Waals surface area (Å²) in [4.78, 5) is 0. The summed E-state index contributed by atoms with van der Waals surface area (Å²) in [7, 11) is 0. The number of hydrogen-bond acceptors (Lipinski definition) is 0. The van der Waals surface area contributed by atoms with Gasteiger partial charge in [-0.1, -0.05) is 83.6 Å². The molecule has 0 aromatic heterocycles. The molecule has 0 unspecified atom stereocenters. The smallest absolute Gasteiger partial charge is 0.206 e. The molecule has 2 aliphatic rings. The number of rotatable bonds is 0. The molecule has 0 saturated heterocycles. The predicted molar refractivity (Wildman–Crippen MR) is 119 cm³/mol. The van der Waals surface area contributed by atoms with Crippen molar-refractivity contribution in [3.05, 3.63) is 107 Å². The normalized spacial score (nSPS) is 13.8. The van der Waals surface area contributed by atoms with E-state index in [4.69, 9.17) is 0 Å². The molecule has 0 heterocycles. The molecule has 0 bridgehead atoms. The zero-order valence-electron chi connectivity index (χ0n) is 16.8. The summed E-state index contributed by atoms with van der Waals surface area (Å²) in [5.41, 5.74) is 11.9. The van der Waals surface area contributed by atoms with Crippen molar-refractivity contribution >= 4 is 0 Å². The maximum atomic E-state index is 2.26. The molecule has 2 aliphatic carbocycles. The average Bonchev–Trinajstić information content (AvgIpc) is 3.32. The molecule has 142 valence electrons. The number of hydrogen-bond donors (Lipinski definition) is 0. The third kappa shape index (κ3) is 4.17. The Morgan fingerprint density at radius 3 is 1.41 bits per heavy atom. The molecular weight excluding hydrogens is 428 g/mol. The second-order valence-corrected chi connectivity index (χ2v) is 7.95. The van der Waals surface area contributed by atoms with Crippen LogP contribution in [0.25, 0.3) is 22.3 Å². The monoisotopic (exact) mass is 452 g/mol. The summed E-state index contributed by atoms with van der Waals surface area (Å²) in [6, 6.07) is 31.0. The average molecular weight is 454 g/mol. The second kappa shape index (κ2) is 9.23. The molecule has 0 radical (unpaired) electrons. The fourth-order valence-electron chi connectivity index (χ4n) is 4.82. The van der Waals surface area contributed by atoms with Crippen LogP contribution in [0.15, 0.2) is 84.9 Å². The van der Waals surface area contributed by atoms with Crippen LogP contribution >= 0.6 is 0 Å². The van der Waals surface area contributed by atoms with Gasteiger partial charge in [-0.3, -0.25) is 0 Å². The Hall–Kier alpha value is -1.98. The van der Waals surface area contributed by atoms with Gasteiger partial charge in [0.15, 0.2) is 0 Å². The molecule has 4 aromatic rings. The molecule has 0 atom stereocenters. The Morgan fingerprint density at radius 1 is 0.483 bits per heavy atom. The van der Waals surface area contributed by atoms with E-state index in [0.717, 1.165) is 0 Å². The molecular formula is C28H26Zr. The van der Waals surface area contributed by atoms with Gasteiger partial charge in [-0.25, -0.2) is 12.1 Å². The summed E-state index contributed by atoms with van der Waals surface area (Å²) >= 11 is 0. The van der Waals surface area contributed by atoms with Crippen molar-refractivity contribution in [1.29, 1.82) is 0 Å². The molecule has 0 amide bonds. The Kier molecular flexibility index (Phi) is 6.46. The van der Waals surface area contributed by atoms with Gasteiger partial charge >= 0.3 is 26.2 Å². The van der Waals surface area contributed by atoms with Crippen LogP contribution in [0.2, 0.25) is 0 Å². The minimum Gasteiger partial charge on any atom is -0.206 e. The first-order chi connectivity index (χ1) is 13.9. The zero-order valence-corrected chi connectivity index (χ0v) is 19.3. The Balaban J connectivity index is 0.000000137. The first kappa shape index (κ1) is 20.3. The van der Waals surface area contributed by atoms with Crippen molar-refractivity contribution in [2.24, 2.45) is 0 Å². The molecule has 6 rings (SSSR count). The Labute approximate surface area is 193 Å². The fourth-order valence-corrected chi connectivity index (χ4v) is 4.82. The van der Waals surface area contributed by atoms with E-state index < -0.39 is 0 Å². The van der Waals surface area contributed by atoms with Gasteiger partial charge in [0, 0.05) is 0 Å². The second-order valence-electron chi connectivity index (χ2n) is 7.95. The van der Waals surface area contributed by atoms with Crippen molar-refractivity contribution in [3.63, 3.8) is 0 Å². The molecule has 1 heteroatoms. The molecule has 0 nitrogen and oxygen atoms in total. The third-order valence-electron chi connectivity index (χ3n) is 6.21. The SMILES string of the molecule is [Zr+2].c1ccc2c(c1)CCCc1[cH-]ccc1-2.c1ccc2c(c1)CCCc1[cH-]ccc1-2. The van der Waals surface area contributed by atoms with E-state index in [-0.39, 0.29) is 26.2 Å². The summed E-state index contributed by atoms with van der Waals surface area (Å²) < 4.78 is 0. The molecule has 29 heavy (non-hydrogen) atoms. The van der Waals surface area contributed by atoms with Crippen LogP contribution in [0.4, 0.5) is 0 Å². The maximum Gasteiger partial charge on any atom is 2.00 e. The van der Waals surface area contributed by atoms with E-state index in [2.05, 4.69) is 84.9 Å². The van der Waals surface area contributed by atoms with Gasteiger partial charge < -0.3 is 0 Å². The van der Waals surface area contributed by atoms with Crippen LogP contribution in [-0.4, -0.2) is 0 Å². The number of benzene rings is 2. The largest absolute Gasteiger partial charge is 2.00 e. The van der Waals surface area contributed by atoms with Gasteiger partial charge in [0.05, 0.1) is 0 Å². The zero-order chi connectivity index (χ0) is 18.8. The van der Waals surface area contributed by atoms with Gasteiger partial charge in [0.1, 0.15) is 0 Å². The van der Waals surface area contributed by atoms with Gasteiger partial charge in [-0.15, -0.1) is 0 Å². The number of fused-ring (bicyclic) bond motifs is 6. The van der Waals surface area contributed by atoms with Gasteiger partial charge in [0.2, 0.25) is 0 Å². The quantitative estimate of drug-likeness (QED) is 0.249. The van der Waals surface area contributed by atoms with E-state index in [1.165, 1.54) is 83.0 Å². The summed E-state index contributed by atoms with van der Waals surface area (Å²) in [6.45, 7) is 0. The molecule has 0 N–H and O–H groups in total. The minimum absolute atomic E-state index is 0. The van der Waals surface area contributed by atoms with Crippen LogP contribution in [0.1, 0.15) is 35.1 Å². The van der Waals surface area contributed by atoms with Crippen LogP contribution < -0.4 is 0 Å². The predicted octanol–water partition coefficient (Wildman–Crippen LogP) is 7.12. The van der Waals surface area contributed by atoms with Crippen LogP contribution in [0.5, 0.6) is 0 Å². The van der Waals surface area contributed by atoms with Crippen LogP contribution in [-0.2, 0) is 51.9 Å². The first-order valence-corrected chi connectivity index (χ1v) is 10.6. The van der Waals surface area contributed by atoms with Crippen molar-refractivity contribution < 1.29 is 26.2 Å². The molecule has 0 saturated carbocycles. The van der Waals surface area contributed by atoms with E-state index in [0.29, 0.717) is 0 Å². The van der Waals surface area contributed by atoms with Gasteiger partial charge in [0.25, 0.3) is 0 Å². The Bertz CT molecular complexity index is 991. The van der Waals surface area contributed by atoms with Crippen LogP contribution in [0.3, 0.4) is 0 Å². The van der Waals surface area contributed by atoms with Crippen LogP contribution in [0, 0.1) is 0 Å². The molecule has 0 aliphatic heterocycles. The topological polar surface area (TPSA) is 0 Å². The maximum absolute atomic E-state index is 2.26. The van der Waals surface area contributed by atoms with Crippen molar-refractivity contribution in [2.45, 2.75) is 38.5 Å². The van der Waals surface area contributed by atoms with Crippen molar-refractivity contribution in [1.82, 2.24) is 0 Å². The van der Waals surface area contributed by atoms with E-state index in [1.807, 2.05) is 0 Å². The van der Waals surface area contributed by atoms with E-state index >= 15 is 0 Å². The molecule has 0 spiro atoms. The summed E-state index contributed by atoms with van der Waals surface area (Å²) in [5, 5.41) is 0. The van der Waals surface area contributed by atoms with E-state index in [9.17, 15) is 0 Å². The van der Waals surface area contributed by atoms with E-state index in [1.54, 1.807) is 0 Å².